The van der Waals surface area contributed by atoms with Crippen LogP contribution in [0.4, 0.5) is 0 Å². The molecule has 0 aromatic carbocycles. The van der Waals surface area contributed by atoms with Crippen LogP contribution in [-0.2, 0) is 9.53 Å². The molecule has 0 saturated carbocycles. The number of rotatable bonds is 3. The van der Waals surface area contributed by atoms with Gasteiger partial charge in [0.05, 0.1) is 12.0 Å². The van der Waals surface area contributed by atoms with Gasteiger partial charge in [0.15, 0.2) is 0 Å². The summed E-state index contributed by atoms with van der Waals surface area (Å²) in [5, 5.41) is 3.34. The van der Waals surface area contributed by atoms with E-state index in [2.05, 4.69) is 36.0 Å². The molecule has 0 aliphatic carbocycles. The van der Waals surface area contributed by atoms with E-state index in [1.165, 1.54) is 0 Å². The van der Waals surface area contributed by atoms with Crippen molar-refractivity contribution in [3.8, 4) is 0 Å². The van der Waals surface area contributed by atoms with Crippen molar-refractivity contribution in [1.29, 1.82) is 0 Å². The smallest absolute Gasteiger partial charge is 0.231 e. The first-order valence-electron chi connectivity index (χ1n) is 7.62. The number of nitrogens with zero attached hydrogens (tertiary/aromatic N) is 2. The molecule has 20 heavy (non-hydrogen) atoms. The molecule has 1 N–H and O–H groups in total. The molecule has 1 amide bonds. The molecule has 0 aromatic heterocycles. The van der Waals surface area contributed by atoms with E-state index in [0.29, 0.717) is 12.5 Å². The maximum absolute atomic E-state index is 13.1. The van der Waals surface area contributed by atoms with E-state index in [9.17, 15) is 4.79 Å². The molecule has 0 radical (unpaired) electrons. The van der Waals surface area contributed by atoms with Crippen LogP contribution in [0.1, 0.15) is 26.7 Å². The van der Waals surface area contributed by atoms with Crippen molar-refractivity contribution in [3.05, 3.63) is 0 Å². The Bertz CT molecular complexity index is 346. The lowest BCUT2D eigenvalue weighted by Crippen LogP contribution is -2.62. The van der Waals surface area contributed by atoms with Crippen molar-refractivity contribution in [2.75, 3.05) is 53.5 Å². The van der Waals surface area contributed by atoms with Crippen molar-refractivity contribution in [2.45, 2.75) is 32.2 Å². The Morgan fingerprint density at radius 2 is 1.90 bits per heavy atom. The number of likely N-dealkylation sites (N-methyl/N-ethyl adjacent to an activating group) is 1. The van der Waals surface area contributed by atoms with Crippen LogP contribution in [0.3, 0.4) is 0 Å². The molecule has 2 heterocycles. The van der Waals surface area contributed by atoms with Gasteiger partial charge in [-0.15, -0.1) is 0 Å². The molecule has 0 aromatic rings. The van der Waals surface area contributed by atoms with Gasteiger partial charge in [0.1, 0.15) is 0 Å². The second-order valence-electron chi connectivity index (χ2n) is 6.92. The third-order valence-electron chi connectivity index (χ3n) is 5.04. The van der Waals surface area contributed by atoms with Crippen LogP contribution in [0.25, 0.3) is 0 Å². The minimum Gasteiger partial charge on any atom is -0.384 e. The lowest BCUT2D eigenvalue weighted by Gasteiger charge is -2.48. The quantitative estimate of drug-likeness (QED) is 0.822. The first-order valence-corrected chi connectivity index (χ1v) is 7.62. The Hall–Kier alpha value is -0.650. The summed E-state index contributed by atoms with van der Waals surface area (Å²) < 4.78 is 5.38. The SMILES string of the molecule is COCC1(C(=O)N2CCN(C)C(C)(C)C2)CCNCC1. The van der Waals surface area contributed by atoms with Gasteiger partial charge in [0.2, 0.25) is 5.91 Å². The largest absolute Gasteiger partial charge is 0.384 e. The van der Waals surface area contributed by atoms with Gasteiger partial charge in [-0.2, -0.15) is 0 Å². The molecule has 0 unspecified atom stereocenters. The summed E-state index contributed by atoms with van der Waals surface area (Å²) in [5.74, 6) is 0.294. The van der Waals surface area contributed by atoms with Gasteiger partial charge in [0, 0.05) is 32.3 Å². The summed E-state index contributed by atoms with van der Waals surface area (Å²) in [6, 6.07) is 0. The average Bonchev–Trinajstić information content (AvgIpc) is 2.42. The number of carbonyl (C=O) groups is 1. The zero-order valence-corrected chi connectivity index (χ0v) is 13.4. The maximum atomic E-state index is 13.1. The van der Waals surface area contributed by atoms with Crippen LogP contribution in [-0.4, -0.2) is 74.7 Å². The number of nitrogens with one attached hydrogen (secondary N) is 1. The van der Waals surface area contributed by atoms with E-state index in [-0.39, 0.29) is 11.0 Å². The summed E-state index contributed by atoms with van der Waals surface area (Å²) in [7, 11) is 3.84. The van der Waals surface area contributed by atoms with Crippen LogP contribution in [0.5, 0.6) is 0 Å². The molecule has 0 spiro atoms. The molecule has 0 bridgehead atoms. The highest BCUT2D eigenvalue weighted by atomic mass is 16.5. The number of piperidine rings is 1. The molecule has 2 saturated heterocycles. The maximum Gasteiger partial charge on any atom is 0.231 e. The lowest BCUT2D eigenvalue weighted by molar-refractivity contribution is -0.152. The van der Waals surface area contributed by atoms with E-state index in [0.717, 1.165) is 45.6 Å². The Balaban J connectivity index is 2.12. The van der Waals surface area contributed by atoms with Gasteiger partial charge < -0.3 is 15.0 Å². The predicted molar refractivity (Wildman–Crippen MR) is 79.7 cm³/mol. The lowest BCUT2D eigenvalue weighted by atomic mass is 9.77. The first-order chi connectivity index (χ1) is 9.41. The summed E-state index contributed by atoms with van der Waals surface area (Å²) in [5.41, 5.74) is -0.263. The van der Waals surface area contributed by atoms with Gasteiger partial charge in [0.25, 0.3) is 0 Å². The summed E-state index contributed by atoms with van der Waals surface area (Å²) >= 11 is 0. The average molecular weight is 283 g/mol. The minimum absolute atomic E-state index is 0.0507. The number of methoxy groups -OCH3 is 1. The van der Waals surface area contributed by atoms with Crippen molar-refractivity contribution in [2.24, 2.45) is 5.41 Å². The topological polar surface area (TPSA) is 44.8 Å². The molecule has 2 aliphatic heterocycles. The Labute approximate surface area is 122 Å². The Morgan fingerprint density at radius 1 is 1.25 bits per heavy atom. The van der Waals surface area contributed by atoms with Gasteiger partial charge in [-0.1, -0.05) is 0 Å². The number of piperazine rings is 1. The van der Waals surface area contributed by atoms with Gasteiger partial charge >= 0.3 is 0 Å². The zero-order valence-electron chi connectivity index (χ0n) is 13.4. The minimum atomic E-state index is -0.314. The third-order valence-corrected chi connectivity index (χ3v) is 5.04. The van der Waals surface area contributed by atoms with Crippen LogP contribution in [0.15, 0.2) is 0 Å². The number of carbonyl (C=O) groups excluding carboxylic acids is 1. The number of hydrogen-bond donors (Lipinski definition) is 1. The molecular weight excluding hydrogens is 254 g/mol. The second kappa shape index (κ2) is 6.00. The fourth-order valence-electron chi connectivity index (χ4n) is 3.35. The highest BCUT2D eigenvalue weighted by Crippen LogP contribution is 2.33. The fourth-order valence-corrected chi connectivity index (χ4v) is 3.35. The van der Waals surface area contributed by atoms with E-state index >= 15 is 0 Å². The predicted octanol–water partition coefficient (Wildman–Crippen LogP) is 0.555. The Morgan fingerprint density at radius 3 is 2.45 bits per heavy atom. The standard InChI is InChI=1S/C15H29N3O2/c1-14(2)11-18(10-9-17(14)3)13(19)15(12-20-4)5-7-16-8-6-15/h16H,5-12H2,1-4H3. The van der Waals surface area contributed by atoms with Crippen molar-refractivity contribution in [1.82, 2.24) is 15.1 Å². The van der Waals surface area contributed by atoms with Gasteiger partial charge in [-0.25, -0.2) is 0 Å². The van der Waals surface area contributed by atoms with Gasteiger partial charge in [-0.05, 0) is 46.8 Å². The van der Waals surface area contributed by atoms with Crippen LogP contribution >= 0.6 is 0 Å². The van der Waals surface area contributed by atoms with Crippen LogP contribution in [0.2, 0.25) is 0 Å². The van der Waals surface area contributed by atoms with E-state index in [1.54, 1.807) is 7.11 Å². The van der Waals surface area contributed by atoms with E-state index in [1.807, 2.05) is 0 Å². The number of amides is 1. The fraction of sp³-hybridized carbons (Fsp3) is 0.933. The van der Waals surface area contributed by atoms with E-state index < -0.39 is 0 Å². The number of hydrogen-bond acceptors (Lipinski definition) is 4. The summed E-state index contributed by atoms with van der Waals surface area (Å²) in [6.45, 7) is 9.35. The second-order valence-corrected chi connectivity index (χ2v) is 6.92. The molecule has 5 heteroatoms. The molecular formula is C15H29N3O2. The zero-order chi connectivity index (χ0) is 14.8. The number of ether oxygens (including phenoxy) is 1. The van der Waals surface area contributed by atoms with Crippen LogP contribution in [0, 0.1) is 5.41 Å². The van der Waals surface area contributed by atoms with Crippen molar-refractivity contribution < 1.29 is 9.53 Å². The molecule has 2 aliphatic rings. The first kappa shape index (κ1) is 15.7. The normalized spacial score (nSPS) is 26.5. The molecule has 116 valence electrons. The molecule has 2 fully saturated rings. The van der Waals surface area contributed by atoms with Gasteiger partial charge in [-0.3, -0.25) is 9.69 Å². The molecule has 0 atom stereocenters. The van der Waals surface area contributed by atoms with Crippen LogP contribution < -0.4 is 5.32 Å². The molecule has 5 nitrogen and oxygen atoms in total. The highest BCUT2D eigenvalue weighted by Gasteiger charge is 2.44. The van der Waals surface area contributed by atoms with E-state index in [4.69, 9.17) is 4.74 Å². The molecule has 2 rings (SSSR count). The Kier molecular flexibility index (Phi) is 4.72. The summed E-state index contributed by atoms with van der Waals surface area (Å²) in [4.78, 5) is 17.5. The van der Waals surface area contributed by atoms with Crippen molar-refractivity contribution in [3.63, 3.8) is 0 Å². The highest BCUT2D eigenvalue weighted by molar-refractivity contribution is 5.83. The summed E-state index contributed by atoms with van der Waals surface area (Å²) in [6.07, 6.45) is 1.76. The van der Waals surface area contributed by atoms with Crippen molar-refractivity contribution >= 4 is 5.91 Å². The third kappa shape index (κ3) is 3.00. The monoisotopic (exact) mass is 283 g/mol.